The Hall–Kier alpha value is -0.600. The molecule has 1 aromatic carbocycles. The van der Waals surface area contributed by atoms with Gasteiger partial charge < -0.3 is 9.47 Å². The van der Waals surface area contributed by atoms with Gasteiger partial charge >= 0.3 is 0 Å². The highest BCUT2D eigenvalue weighted by Gasteiger charge is 2.21. The Morgan fingerprint density at radius 3 is 2.43 bits per heavy atom. The fourth-order valence-corrected chi connectivity index (χ4v) is 3.98. The van der Waals surface area contributed by atoms with Gasteiger partial charge in [-0.05, 0) is 30.4 Å². The van der Waals surface area contributed by atoms with Gasteiger partial charge in [-0.2, -0.15) is 0 Å². The fourth-order valence-electron chi connectivity index (χ4n) is 3.33. The fraction of sp³-hybridized carbons (Fsp3) is 0.647. The summed E-state index contributed by atoms with van der Waals surface area (Å²) >= 11 is 12.9. The van der Waals surface area contributed by atoms with E-state index in [2.05, 4.69) is 0 Å². The second-order valence-corrected chi connectivity index (χ2v) is 7.00. The first-order valence-electron chi connectivity index (χ1n) is 7.97. The largest absolute Gasteiger partial charge is 0.486 e. The summed E-state index contributed by atoms with van der Waals surface area (Å²) in [6.07, 6.45) is 9.04. The van der Waals surface area contributed by atoms with Gasteiger partial charge in [-0.3, -0.25) is 0 Å². The van der Waals surface area contributed by atoms with E-state index >= 15 is 0 Å². The van der Waals surface area contributed by atoms with Crippen LogP contribution in [0.15, 0.2) is 12.1 Å². The number of ether oxygens (including phenoxy) is 2. The summed E-state index contributed by atoms with van der Waals surface area (Å²) in [5, 5.41) is 0.637. The summed E-state index contributed by atoms with van der Waals surface area (Å²) in [7, 11) is 0. The van der Waals surface area contributed by atoms with Gasteiger partial charge in [0.25, 0.3) is 0 Å². The summed E-state index contributed by atoms with van der Waals surface area (Å²) in [6, 6.07) is 3.79. The first kappa shape index (κ1) is 15.3. The van der Waals surface area contributed by atoms with Gasteiger partial charge in [0.05, 0.1) is 5.38 Å². The molecular formula is C17H22Cl2O2. The number of hydrogen-bond acceptors (Lipinski definition) is 2. The van der Waals surface area contributed by atoms with Crippen LogP contribution >= 0.6 is 23.2 Å². The van der Waals surface area contributed by atoms with Crippen LogP contribution in [-0.4, -0.2) is 13.2 Å². The van der Waals surface area contributed by atoms with Gasteiger partial charge in [0, 0.05) is 11.1 Å². The van der Waals surface area contributed by atoms with Gasteiger partial charge in [-0.1, -0.05) is 43.7 Å². The highest BCUT2D eigenvalue weighted by molar-refractivity contribution is 6.33. The van der Waals surface area contributed by atoms with E-state index in [1.807, 2.05) is 12.1 Å². The summed E-state index contributed by atoms with van der Waals surface area (Å²) in [6.45, 7) is 1.16. The normalized spacial score (nSPS) is 20.3. The molecule has 1 saturated carbocycles. The topological polar surface area (TPSA) is 18.5 Å². The molecule has 1 aliphatic heterocycles. The third kappa shape index (κ3) is 3.78. The van der Waals surface area contributed by atoms with Crippen molar-refractivity contribution in [3.63, 3.8) is 0 Å². The molecule has 0 spiro atoms. The molecule has 21 heavy (non-hydrogen) atoms. The lowest BCUT2D eigenvalue weighted by molar-refractivity contribution is 0.171. The Bertz CT molecular complexity index is 484. The number of benzene rings is 1. The monoisotopic (exact) mass is 328 g/mol. The maximum atomic E-state index is 6.59. The molecule has 2 aliphatic rings. The van der Waals surface area contributed by atoms with Gasteiger partial charge in [0.1, 0.15) is 13.2 Å². The number of rotatable bonds is 4. The Labute approximate surface area is 136 Å². The van der Waals surface area contributed by atoms with Crippen LogP contribution in [0.25, 0.3) is 0 Å². The van der Waals surface area contributed by atoms with Crippen molar-refractivity contribution in [2.24, 2.45) is 5.92 Å². The Kier molecular flexibility index (Phi) is 5.18. The van der Waals surface area contributed by atoms with Gasteiger partial charge in [0.15, 0.2) is 11.5 Å². The maximum Gasteiger partial charge on any atom is 0.162 e. The van der Waals surface area contributed by atoms with E-state index in [9.17, 15) is 0 Å². The predicted molar refractivity (Wildman–Crippen MR) is 86.8 cm³/mol. The average Bonchev–Trinajstić information content (AvgIpc) is 2.53. The molecule has 0 bridgehead atoms. The molecule has 1 aliphatic carbocycles. The lowest BCUT2D eigenvalue weighted by Gasteiger charge is -2.24. The molecule has 116 valence electrons. The molecule has 4 heteroatoms. The molecule has 0 amide bonds. The van der Waals surface area contributed by atoms with Crippen LogP contribution < -0.4 is 9.47 Å². The van der Waals surface area contributed by atoms with E-state index < -0.39 is 0 Å². The molecule has 3 rings (SSSR count). The molecule has 2 nitrogen and oxygen atoms in total. The molecule has 0 aromatic heterocycles. The number of fused-ring (bicyclic) bond motifs is 1. The average molecular weight is 329 g/mol. The highest BCUT2D eigenvalue weighted by Crippen LogP contribution is 2.41. The van der Waals surface area contributed by atoms with E-state index in [-0.39, 0.29) is 5.38 Å². The minimum absolute atomic E-state index is 0.0461. The summed E-state index contributed by atoms with van der Waals surface area (Å²) in [5.41, 5.74) is 0.971. The number of halogens is 2. The lowest BCUT2D eigenvalue weighted by atomic mass is 9.85. The quantitative estimate of drug-likeness (QED) is 0.655. The first-order chi connectivity index (χ1) is 10.2. The summed E-state index contributed by atoms with van der Waals surface area (Å²) in [5.74, 6) is 2.34. The zero-order chi connectivity index (χ0) is 14.7. The molecular weight excluding hydrogens is 307 g/mol. The van der Waals surface area contributed by atoms with Crippen LogP contribution in [0.3, 0.4) is 0 Å². The van der Waals surface area contributed by atoms with Gasteiger partial charge in [-0.15, -0.1) is 11.6 Å². The molecule has 0 N–H and O–H groups in total. The van der Waals surface area contributed by atoms with Crippen LogP contribution in [0.4, 0.5) is 0 Å². The summed E-state index contributed by atoms with van der Waals surface area (Å²) < 4.78 is 11.2. The standard InChI is InChI=1S/C17H22Cl2O2/c18-14(7-6-12-4-2-1-3-5-12)13-10-16-17(11-15(13)19)21-9-8-20-16/h10-12,14H,1-9H2. The van der Waals surface area contributed by atoms with Crippen LogP contribution in [0.2, 0.25) is 5.02 Å². The first-order valence-corrected chi connectivity index (χ1v) is 8.78. The Morgan fingerprint density at radius 2 is 1.71 bits per heavy atom. The third-order valence-corrected chi connectivity index (χ3v) is 5.33. The molecule has 0 radical (unpaired) electrons. The van der Waals surface area contributed by atoms with E-state index in [4.69, 9.17) is 32.7 Å². The SMILES string of the molecule is Clc1cc2c(cc1C(Cl)CCC1CCCCC1)OCCO2. The van der Waals surface area contributed by atoms with E-state index in [0.29, 0.717) is 18.2 Å². The van der Waals surface area contributed by atoms with Crippen molar-refractivity contribution in [2.45, 2.75) is 50.3 Å². The smallest absolute Gasteiger partial charge is 0.162 e. The summed E-state index contributed by atoms with van der Waals surface area (Å²) in [4.78, 5) is 0. The van der Waals surface area contributed by atoms with Crippen molar-refractivity contribution in [2.75, 3.05) is 13.2 Å². The molecule has 1 atom stereocenters. The Morgan fingerprint density at radius 1 is 1.05 bits per heavy atom. The molecule has 1 unspecified atom stereocenters. The van der Waals surface area contributed by atoms with Crippen LogP contribution in [0.1, 0.15) is 55.9 Å². The molecule has 0 saturated heterocycles. The maximum absolute atomic E-state index is 6.59. The van der Waals surface area contributed by atoms with Crippen molar-refractivity contribution < 1.29 is 9.47 Å². The van der Waals surface area contributed by atoms with Crippen LogP contribution in [-0.2, 0) is 0 Å². The molecule has 1 fully saturated rings. The molecule has 1 heterocycles. The van der Waals surface area contributed by atoms with E-state index in [1.165, 1.54) is 38.5 Å². The van der Waals surface area contributed by atoms with E-state index in [0.717, 1.165) is 29.4 Å². The predicted octanol–water partition coefficient (Wildman–Crippen LogP) is 5.75. The third-order valence-electron chi connectivity index (χ3n) is 4.55. The van der Waals surface area contributed by atoms with Crippen molar-refractivity contribution in [3.05, 3.63) is 22.7 Å². The van der Waals surface area contributed by atoms with Crippen LogP contribution in [0, 0.1) is 5.92 Å². The van der Waals surface area contributed by atoms with Crippen molar-refractivity contribution >= 4 is 23.2 Å². The zero-order valence-electron chi connectivity index (χ0n) is 12.2. The minimum atomic E-state index is -0.0461. The Balaban J connectivity index is 1.64. The second-order valence-electron chi connectivity index (χ2n) is 6.07. The van der Waals surface area contributed by atoms with Gasteiger partial charge in [0.2, 0.25) is 0 Å². The van der Waals surface area contributed by atoms with Gasteiger partial charge in [-0.25, -0.2) is 0 Å². The highest BCUT2D eigenvalue weighted by atomic mass is 35.5. The number of hydrogen-bond donors (Lipinski definition) is 0. The number of alkyl halides is 1. The van der Waals surface area contributed by atoms with Crippen LogP contribution in [0.5, 0.6) is 11.5 Å². The van der Waals surface area contributed by atoms with Crippen molar-refractivity contribution in [3.8, 4) is 11.5 Å². The lowest BCUT2D eigenvalue weighted by Crippen LogP contribution is -2.15. The molecule has 1 aromatic rings. The van der Waals surface area contributed by atoms with E-state index in [1.54, 1.807) is 0 Å². The minimum Gasteiger partial charge on any atom is -0.486 e. The van der Waals surface area contributed by atoms with Crippen molar-refractivity contribution in [1.29, 1.82) is 0 Å². The van der Waals surface area contributed by atoms with Crippen molar-refractivity contribution in [1.82, 2.24) is 0 Å². The zero-order valence-corrected chi connectivity index (χ0v) is 13.8. The second kappa shape index (κ2) is 7.11.